The van der Waals surface area contributed by atoms with Crippen LogP contribution in [0.4, 0.5) is 0 Å². The van der Waals surface area contributed by atoms with Gasteiger partial charge in [0, 0.05) is 17.7 Å². The Bertz CT molecular complexity index is 947. The molecule has 2 aliphatic heterocycles. The van der Waals surface area contributed by atoms with Gasteiger partial charge in [0.05, 0.1) is 19.6 Å². The summed E-state index contributed by atoms with van der Waals surface area (Å²) >= 11 is 0. The molecule has 0 bridgehead atoms. The monoisotopic (exact) mass is 473 g/mol. The third kappa shape index (κ3) is 5.34. The van der Waals surface area contributed by atoms with Crippen molar-refractivity contribution >= 4 is 23.7 Å². The molecule has 0 spiro atoms. The van der Waals surface area contributed by atoms with Crippen LogP contribution in [0.2, 0.25) is 0 Å². The van der Waals surface area contributed by atoms with Crippen molar-refractivity contribution in [3.63, 3.8) is 0 Å². The largest absolute Gasteiger partial charge is 0.496 e. The minimum absolute atomic E-state index is 0.134. The van der Waals surface area contributed by atoms with Gasteiger partial charge in [-0.25, -0.2) is 0 Å². The molecule has 3 rings (SSSR count). The number of rotatable bonds is 8. The summed E-state index contributed by atoms with van der Waals surface area (Å²) < 4.78 is 10.6. The van der Waals surface area contributed by atoms with Crippen LogP contribution in [0.5, 0.6) is 5.75 Å². The lowest BCUT2D eigenvalue weighted by atomic mass is 10.00. The molecule has 0 aromatic heterocycles. The van der Waals surface area contributed by atoms with E-state index in [0.29, 0.717) is 42.7 Å². The number of benzene rings is 1. The molecule has 1 aromatic rings. The molecule has 2 aliphatic rings. The predicted molar refractivity (Wildman–Crippen MR) is 125 cm³/mol. The van der Waals surface area contributed by atoms with E-state index >= 15 is 0 Å². The average molecular weight is 474 g/mol. The molecule has 3 amide bonds. The van der Waals surface area contributed by atoms with E-state index in [2.05, 4.69) is 10.6 Å². The summed E-state index contributed by atoms with van der Waals surface area (Å²) in [5.74, 6) is -0.853. The highest BCUT2D eigenvalue weighted by Gasteiger charge is 2.41. The second kappa shape index (κ2) is 10.9. The van der Waals surface area contributed by atoms with Crippen LogP contribution in [0, 0.1) is 12.8 Å². The molecule has 9 nitrogen and oxygen atoms in total. The maximum atomic E-state index is 13.5. The SMILES string of the molecule is CC[C@@H]1OC(=O)C[C@@H]1NC(=O)[C@@H]1CCCN1C(=O)[C@@H](NC(=O)c1cccc(OC)c1C)C(C)C. The first-order chi connectivity index (χ1) is 16.2. The zero-order valence-corrected chi connectivity index (χ0v) is 20.6. The smallest absolute Gasteiger partial charge is 0.308 e. The van der Waals surface area contributed by atoms with Crippen molar-refractivity contribution in [1.82, 2.24) is 15.5 Å². The third-order valence-corrected chi connectivity index (χ3v) is 6.65. The molecule has 2 N–H and O–H groups in total. The fourth-order valence-electron chi connectivity index (χ4n) is 4.70. The summed E-state index contributed by atoms with van der Waals surface area (Å²) in [4.78, 5) is 52.8. The number of cyclic esters (lactones) is 1. The second-order valence-corrected chi connectivity index (χ2v) is 9.27. The van der Waals surface area contributed by atoms with E-state index in [1.165, 1.54) is 0 Å². The summed E-state index contributed by atoms with van der Waals surface area (Å²) in [6.45, 7) is 7.85. The Morgan fingerprint density at radius 2 is 2.00 bits per heavy atom. The molecule has 2 saturated heterocycles. The number of carbonyl (C=O) groups is 4. The molecule has 186 valence electrons. The first-order valence-corrected chi connectivity index (χ1v) is 11.9. The number of hydrogen-bond donors (Lipinski definition) is 2. The number of ether oxygens (including phenoxy) is 2. The van der Waals surface area contributed by atoms with Gasteiger partial charge in [0.25, 0.3) is 5.91 Å². The van der Waals surface area contributed by atoms with E-state index in [4.69, 9.17) is 9.47 Å². The van der Waals surface area contributed by atoms with Gasteiger partial charge in [-0.2, -0.15) is 0 Å². The predicted octanol–water partition coefficient (Wildman–Crippen LogP) is 1.96. The van der Waals surface area contributed by atoms with E-state index in [0.717, 1.165) is 0 Å². The first-order valence-electron chi connectivity index (χ1n) is 11.9. The molecule has 0 radical (unpaired) electrons. The molecular weight excluding hydrogens is 438 g/mol. The topological polar surface area (TPSA) is 114 Å². The lowest BCUT2D eigenvalue weighted by molar-refractivity contribution is -0.142. The Morgan fingerprint density at radius 1 is 1.26 bits per heavy atom. The van der Waals surface area contributed by atoms with Crippen LogP contribution < -0.4 is 15.4 Å². The highest BCUT2D eigenvalue weighted by atomic mass is 16.6. The van der Waals surface area contributed by atoms with Crippen LogP contribution in [0.25, 0.3) is 0 Å². The van der Waals surface area contributed by atoms with Gasteiger partial charge in [0.15, 0.2) is 0 Å². The van der Waals surface area contributed by atoms with Crippen molar-refractivity contribution in [3.05, 3.63) is 29.3 Å². The van der Waals surface area contributed by atoms with Crippen molar-refractivity contribution in [2.24, 2.45) is 5.92 Å². The molecule has 0 saturated carbocycles. The number of likely N-dealkylation sites (tertiary alicyclic amines) is 1. The summed E-state index contributed by atoms with van der Waals surface area (Å²) in [7, 11) is 1.54. The molecule has 0 unspecified atom stereocenters. The summed E-state index contributed by atoms with van der Waals surface area (Å²) in [5, 5.41) is 5.79. The standard InChI is InChI=1S/C25H35N3O6/c1-6-19-17(13-21(29)34-19)26-24(31)18-10-8-12-28(18)25(32)22(14(2)3)27-23(30)16-9-7-11-20(33-5)15(16)4/h7,9,11,14,17-19,22H,6,8,10,12-13H2,1-5H3,(H,26,31)(H,27,30)/t17-,18-,19-,22-/m0/s1. The quantitative estimate of drug-likeness (QED) is 0.558. The zero-order valence-electron chi connectivity index (χ0n) is 20.6. The fraction of sp³-hybridized carbons (Fsp3) is 0.600. The van der Waals surface area contributed by atoms with Gasteiger partial charge in [-0.15, -0.1) is 0 Å². The molecular formula is C25H35N3O6. The minimum atomic E-state index is -0.786. The normalized spacial score (nSPS) is 22.9. The van der Waals surface area contributed by atoms with Gasteiger partial charge in [-0.1, -0.05) is 26.8 Å². The number of hydrogen-bond acceptors (Lipinski definition) is 6. The van der Waals surface area contributed by atoms with E-state index in [1.54, 1.807) is 37.1 Å². The highest BCUT2D eigenvalue weighted by Crippen LogP contribution is 2.24. The molecule has 9 heteroatoms. The maximum absolute atomic E-state index is 13.5. The van der Waals surface area contributed by atoms with E-state index < -0.39 is 12.1 Å². The second-order valence-electron chi connectivity index (χ2n) is 9.27. The van der Waals surface area contributed by atoms with Crippen LogP contribution in [0.15, 0.2) is 18.2 Å². The Balaban J connectivity index is 1.72. The van der Waals surface area contributed by atoms with Crippen LogP contribution in [0.3, 0.4) is 0 Å². The number of carbonyl (C=O) groups excluding carboxylic acids is 4. The molecule has 2 fully saturated rings. The van der Waals surface area contributed by atoms with E-state index in [9.17, 15) is 19.2 Å². The van der Waals surface area contributed by atoms with Crippen molar-refractivity contribution < 1.29 is 28.7 Å². The van der Waals surface area contributed by atoms with Gasteiger partial charge in [0.1, 0.15) is 23.9 Å². The maximum Gasteiger partial charge on any atom is 0.308 e. The van der Waals surface area contributed by atoms with Crippen LogP contribution in [-0.2, 0) is 19.1 Å². The zero-order chi connectivity index (χ0) is 25.0. The van der Waals surface area contributed by atoms with Crippen molar-refractivity contribution in [2.45, 2.75) is 77.6 Å². The summed E-state index contributed by atoms with van der Waals surface area (Å²) in [6.07, 6.45) is 1.61. The molecule has 4 atom stereocenters. The van der Waals surface area contributed by atoms with Crippen molar-refractivity contribution in [1.29, 1.82) is 0 Å². The lowest BCUT2D eigenvalue weighted by Crippen LogP contribution is -2.56. The van der Waals surface area contributed by atoms with Crippen LogP contribution in [-0.4, -0.2) is 66.5 Å². The number of esters is 1. The number of nitrogens with zero attached hydrogens (tertiary/aromatic N) is 1. The Hall–Kier alpha value is -3.10. The van der Waals surface area contributed by atoms with Gasteiger partial charge >= 0.3 is 5.97 Å². The Morgan fingerprint density at radius 3 is 2.65 bits per heavy atom. The molecule has 34 heavy (non-hydrogen) atoms. The van der Waals surface area contributed by atoms with Crippen LogP contribution >= 0.6 is 0 Å². The minimum Gasteiger partial charge on any atom is -0.496 e. The summed E-state index contributed by atoms with van der Waals surface area (Å²) in [6, 6.07) is 3.38. The van der Waals surface area contributed by atoms with Gasteiger partial charge < -0.3 is 25.0 Å². The Labute approximate surface area is 200 Å². The third-order valence-electron chi connectivity index (χ3n) is 6.65. The first kappa shape index (κ1) is 25.5. The molecule has 2 heterocycles. The van der Waals surface area contributed by atoms with Crippen molar-refractivity contribution in [2.75, 3.05) is 13.7 Å². The summed E-state index contributed by atoms with van der Waals surface area (Å²) in [5.41, 5.74) is 1.12. The highest BCUT2D eigenvalue weighted by molar-refractivity contribution is 6.00. The average Bonchev–Trinajstić information content (AvgIpc) is 3.43. The van der Waals surface area contributed by atoms with E-state index in [1.807, 2.05) is 20.8 Å². The van der Waals surface area contributed by atoms with Gasteiger partial charge in [-0.05, 0) is 44.2 Å². The van der Waals surface area contributed by atoms with Crippen molar-refractivity contribution in [3.8, 4) is 5.75 Å². The fourth-order valence-corrected chi connectivity index (χ4v) is 4.70. The van der Waals surface area contributed by atoms with E-state index in [-0.39, 0.29) is 48.2 Å². The molecule has 0 aliphatic carbocycles. The number of nitrogens with one attached hydrogen (secondary N) is 2. The number of amides is 3. The van der Waals surface area contributed by atoms with Crippen LogP contribution in [0.1, 0.15) is 62.4 Å². The van der Waals surface area contributed by atoms with Gasteiger partial charge in [0.2, 0.25) is 11.8 Å². The lowest BCUT2D eigenvalue weighted by Gasteiger charge is -2.31. The number of methoxy groups -OCH3 is 1. The Kier molecular flexibility index (Phi) is 8.17. The van der Waals surface area contributed by atoms with Gasteiger partial charge in [-0.3, -0.25) is 19.2 Å². The molecule has 1 aromatic carbocycles.